The molecule has 3 aromatic rings. The standard InChI is InChI=1S/C17H20N8O3S/c1-2-25-16-14(22-23-25)15(20-10-21-16)24-8-12(9-24)17(26)19-7-11-3-5-13(6-4-11)29(18,27)28/h3-6,10,12H,2,7-9H2,1H3,(H,19,26)(H2,18,27,28). The summed E-state index contributed by atoms with van der Waals surface area (Å²) in [5.41, 5.74) is 2.09. The lowest BCUT2D eigenvalue weighted by Gasteiger charge is -2.38. The molecule has 12 heteroatoms. The molecule has 2 aromatic heterocycles. The van der Waals surface area contributed by atoms with Crippen LogP contribution in [0.3, 0.4) is 0 Å². The molecule has 0 atom stereocenters. The number of amides is 1. The second-order valence-corrected chi connectivity index (χ2v) is 8.34. The predicted molar refractivity (Wildman–Crippen MR) is 104 cm³/mol. The number of fused-ring (bicyclic) bond motifs is 1. The molecule has 29 heavy (non-hydrogen) atoms. The number of benzene rings is 1. The Bertz CT molecular complexity index is 1150. The van der Waals surface area contributed by atoms with Crippen LogP contribution >= 0.6 is 0 Å². The molecule has 0 unspecified atom stereocenters. The summed E-state index contributed by atoms with van der Waals surface area (Å²) in [5.74, 6) is 0.446. The number of carbonyl (C=O) groups is 1. The number of primary sulfonamides is 1. The number of sulfonamides is 1. The molecule has 3 heterocycles. The van der Waals surface area contributed by atoms with Gasteiger partial charge in [0.15, 0.2) is 17.0 Å². The largest absolute Gasteiger partial charge is 0.353 e. The van der Waals surface area contributed by atoms with Gasteiger partial charge in [-0.2, -0.15) is 0 Å². The second kappa shape index (κ2) is 7.37. The van der Waals surface area contributed by atoms with E-state index in [4.69, 9.17) is 5.14 Å². The van der Waals surface area contributed by atoms with E-state index < -0.39 is 10.0 Å². The van der Waals surface area contributed by atoms with Crippen molar-refractivity contribution in [1.29, 1.82) is 0 Å². The molecule has 3 N–H and O–H groups in total. The van der Waals surface area contributed by atoms with Crippen LogP contribution in [-0.4, -0.2) is 52.4 Å². The Morgan fingerprint density at radius 1 is 1.24 bits per heavy atom. The Balaban J connectivity index is 1.34. The lowest BCUT2D eigenvalue weighted by atomic mass is 9.99. The fraction of sp³-hybridized carbons (Fsp3) is 0.353. The number of hydrogen-bond acceptors (Lipinski definition) is 8. The highest BCUT2D eigenvalue weighted by molar-refractivity contribution is 7.89. The SMILES string of the molecule is CCn1nnc2c(N3CC(C(=O)NCc4ccc(S(N)(=O)=O)cc4)C3)ncnc21. The summed E-state index contributed by atoms with van der Waals surface area (Å²) in [4.78, 5) is 22.9. The number of nitrogens with one attached hydrogen (secondary N) is 1. The molecule has 0 spiro atoms. The van der Waals surface area contributed by atoms with Crippen LogP contribution < -0.4 is 15.4 Å². The molecule has 0 saturated carbocycles. The smallest absolute Gasteiger partial charge is 0.238 e. The maximum atomic E-state index is 12.4. The molecule has 1 aliphatic heterocycles. The zero-order valence-electron chi connectivity index (χ0n) is 15.7. The summed E-state index contributed by atoms with van der Waals surface area (Å²) < 4.78 is 24.3. The monoisotopic (exact) mass is 416 g/mol. The lowest BCUT2D eigenvalue weighted by molar-refractivity contribution is -0.125. The molecule has 0 radical (unpaired) electrons. The average molecular weight is 416 g/mol. The third-order valence-electron chi connectivity index (χ3n) is 4.85. The number of aryl methyl sites for hydroxylation is 1. The molecule has 1 fully saturated rings. The number of anilines is 1. The van der Waals surface area contributed by atoms with Crippen LogP contribution in [0.5, 0.6) is 0 Å². The lowest BCUT2D eigenvalue weighted by Crippen LogP contribution is -2.54. The van der Waals surface area contributed by atoms with E-state index >= 15 is 0 Å². The molecule has 1 saturated heterocycles. The van der Waals surface area contributed by atoms with E-state index in [0.717, 1.165) is 5.56 Å². The minimum Gasteiger partial charge on any atom is -0.353 e. The second-order valence-electron chi connectivity index (χ2n) is 6.78. The van der Waals surface area contributed by atoms with Crippen molar-refractivity contribution in [2.24, 2.45) is 11.1 Å². The van der Waals surface area contributed by atoms with Crippen molar-refractivity contribution in [2.75, 3.05) is 18.0 Å². The number of aromatic nitrogens is 5. The Morgan fingerprint density at radius 3 is 2.62 bits per heavy atom. The molecule has 152 valence electrons. The first-order valence-electron chi connectivity index (χ1n) is 9.05. The normalized spacial score (nSPS) is 14.8. The maximum absolute atomic E-state index is 12.4. The van der Waals surface area contributed by atoms with Gasteiger partial charge in [-0.25, -0.2) is 28.2 Å². The van der Waals surface area contributed by atoms with Gasteiger partial charge in [-0.3, -0.25) is 4.79 Å². The molecular formula is C17H20N8O3S. The van der Waals surface area contributed by atoms with Crippen molar-refractivity contribution in [3.8, 4) is 0 Å². The van der Waals surface area contributed by atoms with Gasteiger partial charge in [0.2, 0.25) is 15.9 Å². The highest BCUT2D eigenvalue weighted by Crippen LogP contribution is 2.27. The molecule has 4 rings (SSSR count). The summed E-state index contributed by atoms with van der Waals surface area (Å²) >= 11 is 0. The molecule has 0 aliphatic carbocycles. The van der Waals surface area contributed by atoms with Crippen molar-refractivity contribution in [1.82, 2.24) is 30.3 Å². The summed E-state index contributed by atoms with van der Waals surface area (Å²) in [5, 5.41) is 16.2. The van der Waals surface area contributed by atoms with Crippen LogP contribution in [-0.2, 0) is 27.9 Å². The Kier molecular flexibility index (Phi) is 4.88. The summed E-state index contributed by atoms with van der Waals surface area (Å²) in [6.45, 7) is 3.99. The average Bonchev–Trinajstić information content (AvgIpc) is 3.09. The number of hydrogen-bond donors (Lipinski definition) is 2. The van der Waals surface area contributed by atoms with Crippen LogP contribution in [0.15, 0.2) is 35.5 Å². The van der Waals surface area contributed by atoms with Crippen molar-refractivity contribution in [3.05, 3.63) is 36.2 Å². The number of carbonyl (C=O) groups excluding carboxylic acids is 1. The summed E-state index contributed by atoms with van der Waals surface area (Å²) in [6.07, 6.45) is 1.48. The van der Waals surface area contributed by atoms with E-state index in [9.17, 15) is 13.2 Å². The first-order chi connectivity index (χ1) is 13.9. The highest BCUT2D eigenvalue weighted by Gasteiger charge is 2.35. The first kappa shape index (κ1) is 19.2. The number of rotatable bonds is 6. The zero-order valence-corrected chi connectivity index (χ0v) is 16.5. The van der Waals surface area contributed by atoms with Gasteiger partial charge < -0.3 is 10.2 Å². The third kappa shape index (κ3) is 3.76. The highest BCUT2D eigenvalue weighted by atomic mass is 32.2. The van der Waals surface area contributed by atoms with E-state index in [1.807, 2.05) is 11.8 Å². The quantitative estimate of drug-likeness (QED) is 0.553. The van der Waals surface area contributed by atoms with Crippen molar-refractivity contribution in [2.45, 2.75) is 24.9 Å². The van der Waals surface area contributed by atoms with Gasteiger partial charge in [0.1, 0.15) is 6.33 Å². The van der Waals surface area contributed by atoms with Gasteiger partial charge in [-0.05, 0) is 24.6 Å². The topological polar surface area (TPSA) is 149 Å². The van der Waals surface area contributed by atoms with Gasteiger partial charge >= 0.3 is 0 Å². The van der Waals surface area contributed by atoms with Crippen molar-refractivity contribution < 1.29 is 13.2 Å². The molecule has 11 nitrogen and oxygen atoms in total. The molecular weight excluding hydrogens is 396 g/mol. The number of nitrogens with two attached hydrogens (primary N) is 1. The van der Waals surface area contributed by atoms with Gasteiger partial charge in [0, 0.05) is 26.2 Å². The van der Waals surface area contributed by atoms with Gasteiger partial charge in [-0.15, -0.1) is 5.10 Å². The van der Waals surface area contributed by atoms with Crippen molar-refractivity contribution in [3.63, 3.8) is 0 Å². The molecule has 1 aromatic carbocycles. The van der Waals surface area contributed by atoms with Gasteiger partial charge in [-0.1, -0.05) is 17.3 Å². The van der Waals surface area contributed by atoms with Gasteiger partial charge in [0.05, 0.1) is 10.8 Å². The molecule has 1 amide bonds. The summed E-state index contributed by atoms with van der Waals surface area (Å²) in [6, 6.07) is 6.10. The van der Waals surface area contributed by atoms with Gasteiger partial charge in [0.25, 0.3) is 0 Å². The van der Waals surface area contributed by atoms with E-state index in [1.165, 1.54) is 18.5 Å². The Hall–Kier alpha value is -3.12. The fourth-order valence-corrected chi connectivity index (χ4v) is 3.69. The van der Waals surface area contributed by atoms with Crippen LogP contribution in [0, 0.1) is 5.92 Å². The fourth-order valence-electron chi connectivity index (χ4n) is 3.17. The third-order valence-corrected chi connectivity index (χ3v) is 5.78. The van der Waals surface area contributed by atoms with Crippen molar-refractivity contribution >= 4 is 32.9 Å². The van der Waals surface area contributed by atoms with Crippen LogP contribution in [0.1, 0.15) is 12.5 Å². The predicted octanol–water partition coefficient (Wildman–Crippen LogP) is -0.359. The van der Waals surface area contributed by atoms with E-state index in [2.05, 4.69) is 25.6 Å². The maximum Gasteiger partial charge on any atom is 0.238 e. The Morgan fingerprint density at radius 2 is 1.97 bits per heavy atom. The number of nitrogens with zero attached hydrogens (tertiary/aromatic N) is 6. The van der Waals surface area contributed by atoms with Crippen LogP contribution in [0.2, 0.25) is 0 Å². The zero-order chi connectivity index (χ0) is 20.6. The summed E-state index contributed by atoms with van der Waals surface area (Å²) in [7, 11) is -3.72. The minimum absolute atomic E-state index is 0.0402. The first-order valence-corrected chi connectivity index (χ1v) is 10.6. The van der Waals surface area contributed by atoms with Crippen LogP contribution in [0.25, 0.3) is 11.2 Å². The Labute approximate surface area is 167 Å². The van der Waals surface area contributed by atoms with E-state index in [0.29, 0.717) is 43.2 Å². The van der Waals surface area contributed by atoms with Crippen LogP contribution in [0.4, 0.5) is 5.82 Å². The molecule has 1 aliphatic rings. The minimum atomic E-state index is -3.72. The van der Waals surface area contributed by atoms with E-state index in [-0.39, 0.29) is 16.7 Å². The molecule has 0 bridgehead atoms. The van der Waals surface area contributed by atoms with E-state index in [1.54, 1.807) is 16.8 Å².